The van der Waals surface area contributed by atoms with Gasteiger partial charge in [-0.15, -0.1) is 0 Å². The van der Waals surface area contributed by atoms with Gasteiger partial charge in [0.15, 0.2) is 5.13 Å². The summed E-state index contributed by atoms with van der Waals surface area (Å²) in [7, 11) is 0. The van der Waals surface area contributed by atoms with Gasteiger partial charge in [0, 0.05) is 18.8 Å². The molecular weight excluding hydrogens is 310 g/mol. The van der Waals surface area contributed by atoms with Gasteiger partial charge in [0.1, 0.15) is 0 Å². The predicted molar refractivity (Wildman–Crippen MR) is 91.9 cm³/mol. The van der Waals surface area contributed by atoms with E-state index in [-0.39, 0.29) is 5.91 Å². The Labute approximate surface area is 137 Å². The molecule has 3 aromatic rings. The van der Waals surface area contributed by atoms with Crippen molar-refractivity contribution in [2.45, 2.75) is 13.8 Å². The maximum absolute atomic E-state index is 11.1. The van der Waals surface area contributed by atoms with E-state index in [0.717, 1.165) is 22.0 Å². The predicted octanol–water partition coefficient (Wildman–Crippen LogP) is 3.61. The van der Waals surface area contributed by atoms with Crippen LogP contribution in [-0.4, -0.2) is 20.9 Å². The third-order valence-corrected chi connectivity index (χ3v) is 4.09. The van der Waals surface area contributed by atoms with Crippen LogP contribution in [-0.2, 0) is 4.79 Å². The molecule has 3 rings (SSSR count). The van der Waals surface area contributed by atoms with Crippen molar-refractivity contribution in [2.75, 3.05) is 10.6 Å². The van der Waals surface area contributed by atoms with Crippen molar-refractivity contribution in [2.24, 2.45) is 0 Å². The van der Waals surface area contributed by atoms with Gasteiger partial charge in [0.25, 0.3) is 0 Å². The smallest absolute Gasteiger partial charge is 0.227 e. The lowest BCUT2D eigenvalue weighted by Crippen LogP contribution is -2.04. The van der Waals surface area contributed by atoms with Gasteiger partial charge in [-0.1, -0.05) is 29.5 Å². The Morgan fingerprint density at radius 1 is 1.13 bits per heavy atom. The van der Waals surface area contributed by atoms with E-state index in [9.17, 15) is 4.79 Å². The van der Waals surface area contributed by atoms with E-state index in [1.165, 1.54) is 18.3 Å². The highest BCUT2D eigenvalue weighted by Gasteiger charge is 2.12. The van der Waals surface area contributed by atoms with Crippen molar-refractivity contribution >= 4 is 34.0 Å². The SMILES string of the molecule is CC(=O)Nc1nc(C)c(-c2ccnc(Nc3ccccc3)n2)s1. The van der Waals surface area contributed by atoms with Crippen molar-refractivity contribution < 1.29 is 4.79 Å². The second-order valence-electron chi connectivity index (χ2n) is 4.87. The molecule has 0 aliphatic rings. The monoisotopic (exact) mass is 325 g/mol. The summed E-state index contributed by atoms with van der Waals surface area (Å²) < 4.78 is 0. The highest BCUT2D eigenvalue weighted by molar-refractivity contribution is 7.19. The Morgan fingerprint density at radius 3 is 2.65 bits per heavy atom. The van der Waals surface area contributed by atoms with Crippen LogP contribution in [0, 0.1) is 6.92 Å². The molecule has 0 radical (unpaired) electrons. The Kier molecular flexibility index (Phi) is 4.29. The van der Waals surface area contributed by atoms with Crippen LogP contribution >= 0.6 is 11.3 Å². The number of amides is 1. The number of carbonyl (C=O) groups excluding carboxylic acids is 1. The number of hydrogen-bond donors (Lipinski definition) is 2. The van der Waals surface area contributed by atoms with Gasteiger partial charge in [-0.25, -0.2) is 15.0 Å². The number of aromatic nitrogens is 3. The average molecular weight is 325 g/mol. The molecule has 0 saturated carbocycles. The van der Waals surface area contributed by atoms with Crippen LogP contribution in [0.3, 0.4) is 0 Å². The van der Waals surface area contributed by atoms with Crippen molar-refractivity contribution in [1.82, 2.24) is 15.0 Å². The third kappa shape index (κ3) is 3.70. The maximum atomic E-state index is 11.1. The van der Waals surface area contributed by atoms with Crippen LogP contribution in [0.2, 0.25) is 0 Å². The van der Waals surface area contributed by atoms with Crippen LogP contribution in [0.25, 0.3) is 10.6 Å². The van der Waals surface area contributed by atoms with Gasteiger partial charge in [0.05, 0.1) is 16.3 Å². The number of aryl methyl sites for hydroxylation is 1. The van der Waals surface area contributed by atoms with Crippen LogP contribution in [0.1, 0.15) is 12.6 Å². The quantitative estimate of drug-likeness (QED) is 0.766. The summed E-state index contributed by atoms with van der Waals surface area (Å²) in [6.07, 6.45) is 1.70. The molecule has 2 aromatic heterocycles. The molecule has 6 nitrogen and oxygen atoms in total. The molecule has 116 valence electrons. The number of rotatable bonds is 4. The molecule has 23 heavy (non-hydrogen) atoms. The van der Waals surface area contributed by atoms with Crippen LogP contribution < -0.4 is 10.6 Å². The number of nitrogens with one attached hydrogen (secondary N) is 2. The Morgan fingerprint density at radius 2 is 1.91 bits per heavy atom. The molecular formula is C16H15N5OS. The number of anilines is 3. The lowest BCUT2D eigenvalue weighted by atomic mass is 10.3. The topological polar surface area (TPSA) is 79.8 Å². The van der Waals surface area contributed by atoms with Crippen molar-refractivity contribution in [1.29, 1.82) is 0 Å². The summed E-state index contributed by atoms with van der Waals surface area (Å²) in [6, 6.07) is 11.6. The van der Waals surface area contributed by atoms with E-state index >= 15 is 0 Å². The van der Waals surface area contributed by atoms with Crippen LogP contribution in [0.15, 0.2) is 42.6 Å². The summed E-state index contributed by atoms with van der Waals surface area (Å²) in [4.78, 5) is 25.2. The number of benzene rings is 1. The first-order valence-corrected chi connectivity index (χ1v) is 7.84. The maximum Gasteiger partial charge on any atom is 0.227 e. The summed E-state index contributed by atoms with van der Waals surface area (Å²) in [5, 5.41) is 6.43. The first-order valence-electron chi connectivity index (χ1n) is 7.02. The fraction of sp³-hybridized carbons (Fsp3) is 0.125. The highest BCUT2D eigenvalue weighted by Crippen LogP contribution is 2.31. The average Bonchev–Trinajstić information content (AvgIpc) is 2.88. The second-order valence-corrected chi connectivity index (χ2v) is 5.87. The number of hydrogen-bond acceptors (Lipinski definition) is 6. The third-order valence-electron chi connectivity index (χ3n) is 3.00. The summed E-state index contributed by atoms with van der Waals surface area (Å²) in [6.45, 7) is 3.35. The fourth-order valence-electron chi connectivity index (χ4n) is 2.03. The number of thiazole rings is 1. The van der Waals surface area contributed by atoms with Gasteiger partial charge < -0.3 is 10.6 Å². The lowest BCUT2D eigenvalue weighted by Gasteiger charge is -2.05. The number of nitrogens with zero attached hydrogens (tertiary/aromatic N) is 3. The van der Waals surface area contributed by atoms with E-state index in [0.29, 0.717) is 11.1 Å². The molecule has 0 fully saturated rings. The van der Waals surface area contributed by atoms with E-state index < -0.39 is 0 Å². The number of carbonyl (C=O) groups is 1. The molecule has 2 heterocycles. The normalized spacial score (nSPS) is 10.3. The zero-order valence-corrected chi connectivity index (χ0v) is 13.5. The molecule has 7 heteroatoms. The van der Waals surface area contributed by atoms with Gasteiger partial charge in [-0.3, -0.25) is 4.79 Å². The minimum Gasteiger partial charge on any atom is -0.324 e. The minimum atomic E-state index is -0.139. The standard InChI is InChI=1S/C16H15N5OS/c1-10-14(23-16(18-10)19-11(2)22)13-8-9-17-15(21-13)20-12-6-4-3-5-7-12/h3-9H,1-2H3,(H,17,20,21)(H,18,19,22). The molecule has 0 atom stereocenters. The van der Waals surface area contributed by atoms with Crippen molar-refractivity contribution in [3.8, 4) is 10.6 Å². The van der Waals surface area contributed by atoms with E-state index in [2.05, 4.69) is 25.6 Å². The molecule has 0 unspecified atom stereocenters. The summed E-state index contributed by atoms with van der Waals surface area (Å²) in [5.41, 5.74) is 2.51. The zero-order valence-electron chi connectivity index (χ0n) is 12.7. The molecule has 1 amide bonds. The van der Waals surface area contributed by atoms with E-state index in [4.69, 9.17) is 0 Å². The summed E-state index contributed by atoms with van der Waals surface area (Å²) >= 11 is 1.39. The highest BCUT2D eigenvalue weighted by atomic mass is 32.1. The van der Waals surface area contributed by atoms with Crippen molar-refractivity contribution in [3.63, 3.8) is 0 Å². The van der Waals surface area contributed by atoms with Crippen LogP contribution in [0.5, 0.6) is 0 Å². The molecule has 0 bridgehead atoms. The molecule has 0 spiro atoms. The van der Waals surface area contributed by atoms with E-state index in [1.807, 2.05) is 43.3 Å². The molecule has 0 saturated heterocycles. The molecule has 0 aliphatic carbocycles. The molecule has 1 aromatic carbocycles. The lowest BCUT2D eigenvalue weighted by molar-refractivity contribution is -0.114. The Bertz CT molecular complexity index is 831. The van der Waals surface area contributed by atoms with Gasteiger partial charge >= 0.3 is 0 Å². The first-order chi connectivity index (χ1) is 11.1. The molecule has 2 N–H and O–H groups in total. The minimum absolute atomic E-state index is 0.139. The largest absolute Gasteiger partial charge is 0.324 e. The Balaban J connectivity index is 1.88. The molecule has 0 aliphatic heterocycles. The summed E-state index contributed by atoms with van der Waals surface area (Å²) in [5.74, 6) is 0.377. The zero-order chi connectivity index (χ0) is 16.2. The van der Waals surface area contributed by atoms with Gasteiger partial charge in [-0.05, 0) is 25.1 Å². The van der Waals surface area contributed by atoms with Gasteiger partial charge in [-0.2, -0.15) is 0 Å². The van der Waals surface area contributed by atoms with E-state index in [1.54, 1.807) is 6.20 Å². The Hall–Kier alpha value is -2.80. The number of para-hydroxylation sites is 1. The van der Waals surface area contributed by atoms with Crippen molar-refractivity contribution in [3.05, 3.63) is 48.3 Å². The first kappa shape index (κ1) is 15.1. The second kappa shape index (κ2) is 6.53. The van der Waals surface area contributed by atoms with Gasteiger partial charge in [0.2, 0.25) is 11.9 Å². The fourth-order valence-corrected chi connectivity index (χ4v) is 3.02. The van der Waals surface area contributed by atoms with Crippen LogP contribution in [0.4, 0.5) is 16.8 Å².